The Bertz CT molecular complexity index is 259. The Hall–Kier alpha value is 0.0200. The Kier molecular flexibility index (Phi) is 3.22. The molecule has 0 spiro atoms. The van der Waals surface area contributed by atoms with E-state index in [1.165, 1.54) is 0 Å². The molecule has 1 unspecified atom stereocenters. The summed E-state index contributed by atoms with van der Waals surface area (Å²) in [7, 11) is -2.89. The van der Waals surface area contributed by atoms with E-state index in [2.05, 4.69) is 4.72 Å². The Labute approximate surface area is 73.9 Å². The van der Waals surface area contributed by atoms with Gasteiger partial charge >= 0.3 is 0 Å². The van der Waals surface area contributed by atoms with Crippen molar-refractivity contribution >= 4 is 21.1 Å². The number of sulfone groups is 1. The van der Waals surface area contributed by atoms with Crippen LogP contribution in [0.15, 0.2) is 0 Å². The summed E-state index contributed by atoms with van der Waals surface area (Å²) >= 11 is -2.28. The van der Waals surface area contributed by atoms with Crippen LogP contribution in [0.3, 0.4) is 0 Å². The minimum Gasteiger partial charge on any atom is -0.760 e. The first kappa shape index (κ1) is 10.1. The van der Waals surface area contributed by atoms with Gasteiger partial charge in [-0.2, -0.15) is 0 Å². The molecule has 0 radical (unpaired) electrons. The Morgan fingerprint density at radius 3 is 2.25 bits per heavy atom. The van der Waals surface area contributed by atoms with Crippen LogP contribution in [0.5, 0.6) is 0 Å². The average Bonchev–Trinajstić information content (AvgIpc) is 1.93. The fourth-order valence-electron chi connectivity index (χ4n) is 1.14. The summed E-state index contributed by atoms with van der Waals surface area (Å²) in [5.41, 5.74) is 0. The number of hydrogen-bond acceptors (Lipinski definition) is 4. The molecule has 7 heteroatoms. The van der Waals surface area contributed by atoms with Gasteiger partial charge in [-0.15, -0.1) is 0 Å². The van der Waals surface area contributed by atoms with Crippen LogP contribution in [0.1, 0.15) is 12.8 Å². The zero-order valence-electron chi connectivity index (χ0n) is 6.36. The van der Waals surface area contributed by atoms with Crippen LogP contribution in [-0.4, -0.2) is 34.7 Å². The van der Waals surface area contributed by atoms with Gasteiger partial charge in [0.05, 0.1) is 11.5 Å². The van der Waals surface area contributed by atoms with E-state index in [0.717, 1.165) is 0 Å². The third-order valence-corrected chi connectivity index (χ3v) is 4.06. The zero-order chi connectivity index (χ0) is 9.19. The zero-order valence-corrected chi connectivity index (χ0v) is 7.99. The summed E-state index contributed by atoms with van der Waals surface area (Å²) < 4.78 is 44.4. The van der Waals surface area contributed by atoms with E-state index < -0.39 is 21.1 Å². The maximum absolute atomic E-state index is 10.9. The summed E-state index contributed by atoms with van der Waals surface area (Å²) in [6.45, 7) is 0. The Morgan fingerprint density at radius 2 is 1.83 bits per heavy atom. The van der Waals surface area contributed by atoms with Crippen molar-refractivity contribution in [3.8, 4) is 0 Å². The van der Waals surface area contributed by atoms with Crippen LogP contribution < -0.4 is 4.72 Å². The van der Waals surface area contributed by atoms with Gasteiger partial charge < -0.3 is 4.55 Å². The van der Waals surface area contributed by atoms with Crippen molar-refractivity contribution in [2.75, 3.05) is 11.5 Å². The first-order chi connectivity index (χ1) is 5.49. The molecule has 1 saturated heterocycles. The quantitative estimate of drug-likeness (QED) is 0.592. The fourth-order valence-corrected chi connectivity index (χ4v) is 3.14. The molecule has 0 aliphatic carbocycles. The summed E-state index contributed by atoms with van der Waals surface area (Å²) in [6, 6.07) is -0.202. The predicted octanol–water partition coefficient (Wildman–Crippen LogP) is -1.05. The minimum atomic E-state index is -2.89. The molecule has 0 aromatic heterocycles. The lowest BCUT2D eigenvalue weighted by Gasteiger charge is -2.23. The first-order valence-electron chi connectivity index (χ1n) is 3.55. The van der Waals surface area contributed by atoms with Gasteiger partial charge in [0.15, 0.2) is 0 Å². The lowest BCUT2D eigenvalue weighted by Crippen LogP contribution is -2.38. The van der Waals surface area contributed by atoms with Crippen LogP contribution in [0, 0.1) is 0 Å². The molecule has 0 saturated carbocycles. The summed E-state index contributed by atoms with van der Waals surface area (Å²) in [5.74, 6) is 0.170. The Morgan fingerprint density at radius 1 is 1.33 bits per heavy atom. The second-order valence-electron chi connectivity index (χ2n) is 2.78. The molecule has 1 N–H and O–H groups in total. The molecular weight excluding hydrogens is 202 g/mol. The van der Waals surface area contributed by atoms with Gasteiger partial charge in [-0.1, -0.05) is 0 Å². The molecule has 5 nitrogen and oxygen atoms in total. The highest BCUT2D eigenvalue weighted by Gasteiger charge is 2.22. The van der Waals surface area contributed by atoms with E-state index in [9.17, 15) is 17.2 Å². The Balaban J connectivity index is 2.41. The van der Waals surface area contributed by atoms with E-state index in [-0.39, 0.29) is 17.5 Å². The highest BCUT2D eigenvalue weighted by Crippen LogP contribution is 2.11. The van der Waals surface area contributed by atoms with Crippen molar-refractivity contribution in [2.45, 2.75) is 18.9 Å². The molecule has 1 atom stereocenters. The maximum atomic E-state index is 10.9. The van der Waals surface area contributed by atoms with Gasteiger partial charge in [-0.3, -0.25) is 4.21 Å². The molecule has 0 aromatic carbocycles. The monoisotopic (exact) mass is 212 g/mol. The van der Waals surface area contributed by atoms with Gasteiger partial charge in [-0.25, -0.2) is 13.1 Å². The van der Waals surface area contributed by atoms with Crippen molar-refractivity contribution in [3.63, 3.8) is 0 Å². The largest absolute Gasteiger partial charge is 0.760 e. The molecule has 72 valence electrons. The standard InChI is InChI=1S/C5H11NO4S2/c7-11(8)6-5-1-3-12(9,10)4-2-5/h5-6H,1-4H2,(H,7,8)/p-1. The SMILES string of the molecule is O=S([O-])NC1CCS(=O)(=O)CC1. The van der Waals surface area contributed by atoms with Crippen molar-refractivity contribution in [3.05, 3.63) is 0 Å². The number of rotatable bonds is 2. The smallest absolute Gasteiger partial charge is 0.150 e. The van der Waals surface area contributed by atoms with E-state index in [0.29, 0.717) is 12.8 Å². The summed E-state index contributed by atoms with van der Waals surface area (Å²) in [6.07, 6.45) is 0.770. The third kappa shape index (κ3) is 3.18. The van der Waals surface area contributed by atoms with Gasteiger partial charge in [-0.05, 0) is 12.8 Å². The molecular formula is C5H10NO4S2-. The van der Waals surface area contributed by atoms with E-state index in [1.54, 1.807) is 0 Å². The third-order valence-electron chi connectivity index (χ3n) is 1.82. The van der Waals surface area contributed by atoms with E-state index in [1.807, 2.05) is 0 Å². The predicted molar refractivity (Wildman–Crippen MR) is 43.7 cm³/mol. The normalized spacial score (nSPS) is 26.8. The lowest BCUT2D eigenvalue weighted by molar-refractivity contribution is 0.479. The highest BCUT2D eigenvalue weighted by atomic mass is 32.2. The molecule has 0 amide bonds. The topological polar surface area (TPSA) is 86.3 Å². The van der Waals surface area contributed by atoms with Crippen LogP contribution in [0.25, 0.3) is 0 Å². The molecule has 1 heterocycles. The van der Waals surface area contributed by atoms with Crippen LogP contribution >= 0.6 is 0 Å². The van der Waals surface area contributed by atoms with E-state index in [4.69, 9.17) is 0 Å². The number of nitrogens with one attached hydrogen (secondary N) is 1. The summed E-state index contributed by atoms with van der Waals surface area (Å²) in [4.78, 5) is 0. The fraction of sp³-hybridized carbons (Fsp3) is 1.00. The lowest BCUT2D eigenvalue weighted by atomic mass is 10.2. The number of hydrogen-bond donors (Lipinski definition) is 1. The molecule has 0 bridgehead atoms. The molecule has 0 aromatic rings. The summed E-state index contributed by atoms with van der Waals surface area (Å²) in [5, 5.41) is 0. The minimum absolute atomic E-state index is 0.0852. The maximum Gasteiger partial charge on any atom is 0.150 e. The van der Waals surface area contributed by atoms with Gasteiger partial charge in [0.2, 0.25) is 0 Å². The van der Waals surface area contributed by atoms with Gasteiger partial charge in [0.1, 0.15) is 9.84 Å². The van der Waals surface area contributed by atoms with Crippen molar-refractivity contribution in [1.29, 1.82) is 0 Å². The second-order valence-corrected chi connectivity index (χ2v) is 5.79. The molecule has 1 aliphatic heterocycles. The van der Waals surface area contributed by atoms with Crippen LogP contribution in [-0.2, 0) is 21.1 Å². The molecule has 1 rings (SSSR count). The van der Waals surface area contributed by atoms with Crippen LogP contribution in [0.2, 0.25) is 0 Å². The van der Waals surface area contributed by atoms with Crippen LogP contribution in [0.4, 0.5) is 0 Å². The highest BCUT2D eigenvalue weighted by molar-refractivity contribution is 7.91. The van der Waals surface area contributed by atoms with Gasteiger partial charge in [0.25, 0.3) is 0 Å². The molecule has 1 fully saturated rings. The molecule has 12 heavy (non-hydrogen) atoms. The van der Waals surface area contributed by atoms with Crippen molar-refractivity contribution < 1.29 is 17.2 Å². The van der Waals surface area contributed by atoms with Gasteiger partial charge in [0, 0.05) is 17.3 Å². The van der Waals surface area contributed by atoms with Crippen molar-refractivity contribution in [2.24, 2.45) is 0 Å². The second kappa shape index (κ2) is 3.82. The van der Waals surface area contributed by atoms with E-state index >= 15 is 0 Å². The molecule has 1 aliphatic rings. The average molecular weight is 212 g/mol. The first-order valence-corrected chi connectivity index (χ1v) is 6.45. The van der Waals surface area contributed by atoms with Crippen molar-refractivity contribution in [1.82, 2.24) is 4.72 Å².